The number of carbonyl (C=O) groups excluding carboxylic acids is 2. The highest BCUT2D eigenvalue weighted by atomic mass is 16.1. The van der Waals surface area contributed by atoms with Crippen LogP contribution >= 0.6 is 0 Å². The average molecular weight is 586 g/mol. The van der Waals surface area contributed by atoms with Gasteiger partial charge in [0.15, 0.2) is 17.2 Å². The Morgan fingerprint density at radius 1 is 0.955 bits per heavy atom. The molecule has 5 aromatic rings. The van der Waals surface area contributed by atoms with Gasteiger partial charge in [0, 0.05) is 66.5 Å². The second-order valence-corrected chi connectivity index (χ2v) is 12.8. The molecule has 0 atom stereocenters. The maximum Gasteiger partial charge on any atom is 0.180 e. The van der Waals surface area contributed by atoms with E-state index in [1.807, 2.05) is 53.2 Å². The lowest BCUT2D eigenvalue weighted by Crippen LogP contribution is -2.35. The monoisotopic (exact) mass is 585 g/mol. The lowest BCUT2D eigenvalue weighted by molar-refractivity contribution is -0.121. The minimum atomic E-state index is 0.0473. The molecule has 2 aromatic heterocycles. The third-order valence-electron chi connectivity index (χ3n) is 8.60. The van der Waals surface area contributed by atoms with E-state index < -0.39 is 0 Å². The number of hydrogen-bond donors (Lipinski definition) is 1. The fourth-order valence-electron chi connectivity index (χ4n) is 5.88. The van der Waals surface area contributed by atoms with Crippen LogP contribution in [-0.4, -0.2) is 39.0 Å². The van der Waals surface area contributed by atoms with Crippen LogP contribution in [0, 0.1) is 5.92 Å². The highest BCUT2D eigenvalue weighted by Gasteiger charge is 2.22. The minimum absolute atomic E-state index is 0.0473. The van der Waals surface area contributed by atoms with Gasteiger partial charge in [0.25, 0.3) is 0 Å². The molecule has 3 aromatic carbocycles. The van der Waals surface area contributed by atoms with Crippen LogP contribution < -0.4 is 10.2 Å². The number of nitrogens with one attached hydrogen (secondary N) is 1. The number of imidazole rings is 1. The van der Waals surface area contributed by atoms with Crippen LogP contribution in [0.3, 0.4) is 0 Å². The van der Waals surface area contributed by atoms with Crippen LogP contribution in [0.15, 0.2) is 91.4 Å². The molecular formula is C37H39N5O2. The molecule has 44 heavy (non-hydrogen) atoms. The summed E-state index contributed by atoms with van der Waals surface area (Å²) >= 11 is 0. The summed E-state index contributed by atoms with van der Waals surface area (Å²) in [6, 6.07) is 24.3. The Kier molecular flexibility index (Phi) is 8.04. The number of aromatic nitrogens is 3. The van der Waals surface area contributed by atoms with Crippen molar-refractivity contribution in [3.05, 3.63) is 108 Å². The van der Waals surface area contributed by atoms with Gasteiger partial charge in [-0.1, -0.05) is 63.2 Å². The van der Waals surface area contributed by atoms with Crippen LogP contribution in [0.5, 0.6) is 0 Å². The highest BCUT2D eigenvalue weighted by Crippen LogP contribution is 2.29. The predicted octanol–water partition coefficient (Wildman–Crippen LogP) is 7.67. The topological polar surface area (TPSA) is 79.6 Å². The molecule has 0 saturated carbocycles. The number of ketones is 2. The predicted molar refractivity (Wildman–Crippen MR) is 177 cm³/mol. The van der Waals surface area contributed by atoms with Crippen molar-refractivity contribution in [1.82, 2.24) is 14.4 Å². The van der Waals surface area contributed by atoms with Gasteiger partial charge in [-0.15, -0.1) is 0 Å². The van der Waals surface area contributed by atoms with Crippen molar-refractivity contribution >= 4 is 34.4 Å². The van der Waals surface area contributed by atoms with Crippen molar-refractivity contribution in [2.75, 3.05) is 23.3 Å². The largest absolute Gasteiger partial charge is 0.371 e. The van der Waals surface area contributed by atoms with E-state index in [1.165, 1.54) is 5.56 Å². The third kappa shape index (κ3) is 6.42. The summed E-state index contributed by atoms with van der Waals surface area (Å²) in [7, 11) is 0. The summed E-state index contributed by atoms with van der Waals surface area (Å²) in [5.74, 6) is 1.23. The van der Waals surface area contributed by atoms with E-state index in [2.05, 4.69) is 72.4 Å². The lowest BCUT2D eigenvalue weighted by atomic mass is 9.86. The van der Waals surface area contributed by atoms with E-state index >= 15 is 0 Å². The zero-order chi connectivity index (χ0) is 30.8. The number of benzene rings is 3. The molecule has 7 nitrogen and oxygen atoms in total. The first-order valence-electron chi connectivity index (χ1n) is 15.3. The Labute approximate surface area is 259 Å². The molecule has 0 amide bonds. The van der Waals surface area contributed by atoms with Crippen molar-refractivity contribution < 1.29 is 9.59 Å². The molecule has 1 fully saturated rings. The normalized spacial score (nSPS) is 14.1. The molecule has 0 aliphatic carbocycles. The molecular weight excluding hydrogens is 546 g/mol. The van der Waals surface area contributed by atoms with Crippen molar-refractivity contribution in [3.8, 4) is 11.3 Å². The zero-order valence-corrected chi connectivity index (χ0v) is 25.9. The number of carbonyl (C=O) groups is 2. The maximum atomic E-state index is 13.1. The molecule has 0 spiro atoms. The van der Waals surface area contributed by atoms with Gasteiger partial charge in [-0.05, 0) is 66.6 Å². The zero-order valence-electron chi connectivity index (χ0n) is 25.9. The molecule has 1 aliphatic rings. The van der Waals surface area contributed by atoms with Gasteiger partial charge in [0.2, 0.25) is 0 Å². The van der Waals surface area contributed by atoms with Crippen molar-refractivity contribution in [2.24, 2.45) is 5.92 Å². The van der Waals surface area contributed by atoms with E-state index in [0.29, 0.717) is 18.0 Å². The first kappa shape index (κ1) is 29.3. The number of Topliss-reactive ketones (excluding diaryl/α,β-unsaturated/α-hetero) is 2. The Bertz CT molecular complexity index is 1790. The first-order valence-corrected chi connectivity index (χ1v) is 15.3. The number of nitrogens with zero attached hydrogens (tertiary/aromatic N) is 4. The van der Waals surface area contributed by atoms with Gasteiger partial charge in [0.05, 0.1) is 5.69 Å². The second-order valence-electron chi connectivity index (χ2n) is 12.8. The molecule has 0 radical (unpaired) electrons. The van der Waals surface area contributed by atoms with Gasteiger partial charge >= 0.3 is 0 Å². The maximum absolute atomic E-state index is 13.1. The van der Waals surface area contributed by atoms with Crippen LogP contribution in [-0.2, 0) is 16.6 Å². The Morgan fingerprint density at radius 2 is 1.68 bits per heavy atom. The Morgan fingerprint density at radius 3 is 2.36 bits per heavy atom. The fourth-order valence-corrected chi connectivity index (χ4v) is 5.88. The first-order chi connectivity index (χ1) is 21.1. The number of rotatable bonds is 8. The van der Waals surface area contributed by atoms with Crippen molar-refractivity contribution in [3.63, 3.8) is 0 Å². The van der Waals surface area contributed by atoms with Crippen LogP contribution in [0.2, 0.25) is 0 Å². The molecule has 224 valence electrons. The SMILES string of the molecule is CC(=O)C1CCN(c2ccc(Nc3nc(-c4cccc(CC(=O)c5ccc(C(C)(C)C)cc5)c4)cn4ccnc34)cc2)CC1. The molecule has 3 heterocycles. The molecule has 7 heteroatoms. The fraction of sp³-hybridized carbons (Fsp3) is 0.297. The number of anilines is 3. The highest BCUT2D eigenvalue weighted by molar-refractivity contribution is 5.97. The van der Waals surface area contributed by atoms with Gasteiger partial charge in [-0.3, -0.25) is 9.59 Å². The van der Waals surface area contributed by atoms with Crippen molar-refractivity contribution in [2.45, 2.75) is 52.4 Å². The summed E-state index contributed by atoms with van der Waals surface area (Å²) in [5, 5.41) is 3.47. The Hall–Kier alpha value is -4.78. The van der Waals surface area contributed by atoms with Gasteiger partial charge in [-0.2, -0.15) is 0 Å². The molecule has 0 bridgehead atoms. The molecule has 1 aliphatic heterocycles. The van der Waals surface area contributed by atoms with E-state index in [9.17, 15) is 9.59 Å². The van der Waals surface area contributed by atoms with E-state index in [1.54, 1.807) is 13.1 Å². The second kappa shape index (κ2) is 12.1. The number of hydrogen-bond acceptors (Lipinski definition) is 6. The summed E-state index contributed by atoms with van der Waals surface area (Å²) in [6.07, 6.45) is 7.77. The van der Waals surface area contributed by atoms with Crippen molar-refractivity contribution in [1.29, 1.82) is 0 Å². The van der Waals surface area contributed by atoms with E-state index in [0.717, 1.165) is 65.3 Å². The third-order valence-corrected chi connectivity index (χ3v) is 8.60. The summed E-state index contributed by atoms with van der Waals surface area (Å²) in [5.41, 5.74) is 7.44. The molecule has 1 N–H and O–H groups in total. The van der Waals surface area contributed by atoms with E-state index in [-0.39, 0.29) is 17.1 Å². The van der Waals surface area contributed by atoms with Gasteiger partial charge in [-0.25, -0.2) is 9.97 Å². The van der Waals surface area contributed by atoms with Crippen LogP contribution in [0.1, 0.15) is 62.0 Å². The Balaban J connectivity index is 1.19. The smallest absolute Gasteiger partial charge is 0.180 e. The van der Waals surface area contributed by atoms with Crippen LogP contribution in [0.4, 0.5) is 17.2 Å². The summed E-state index contributed by atoms with van der Waals surface area (Å²) in [4.78, 5) is 36.7. The summed E-state index contributed by atoms with van der Waals surface area (Å²) < 4.78 is 1.97. The lowest BCUT2D eigenvalue weighted by Gasteiger charge is -2.32. The number of fused-ring (bicyclic) bond motifs is 1. The quantitative estimate of drug-likeness (QED) is 0.188. The molecule has 1 saturated heterocycles. The minimum Gasteiger partial charge on any atom is -0.371 e. The van der Waals surface area contributed by atoms with E-state index in [4.69, 9.17) is 4.98 Å². The number of piperidine rings is 1. The average Bonchev–Trinajstić information content (AvgIpc) is 3.51. The molecule has 0 unspecified atom stereocenters. The summed E-state index contributed by atoms with van der Waals surface area (Å²) in [6.45, 7) is 10.00. The van der Waals surface area contributed by atoms with Gasteiger partial charge < -0.3 is 14.6 Å². The van der Waals surface area contributed by atoms with Gasteiger partial charge in [0.1, 0.15) is 5.78 Å². The standard InChI is InChI=1S/C37H39N5O2/c1-25(43)27-16-19-41(20-17-27)32-14-12-31(13-15-32)39-35-36-38-18-21-42(36)24-33(40-35)29-7-5-6-26(22-29)23-34(44)28-8-10-30(11-9-28)37(2,3)4/h5-15,18,21-22,24,27H,16-17,19-20,23H2,1-4H3,(H,39,40). The van der Waals surface area contributed by atoms with Crippen LogP contribution in [0.25, 0.3) is 16.9 Å². The molecule has 6 rings (SSSR count).